The molecule has 0 spiro atoms. The fraction of sp³-hybridized carbons (Fsp3) is 0.933. The van der Waals surface area contributed by atoms with Crippen LogP contribution in [0.25, 0.3) is 0 Å². The van der Waals surface area contributed by atoms with Crippen molar-refractivity contribution in [1.82, 2.24) is 5.32 Å². The summed E-state index contributed by atoms with van der Waals surface area (Å²) in [5.41, 5.74) is 0.269. The molecule has 104 valence electrons. The van der Waals surface area contributed by atoms with Crippen LogP contribution in [-0.4, -0.2) is 23.2 Å². The summed E-state index contributed by atoms with van der Waals surface area (Å²) in [6.45, 7) is 6.85. The smallest absolute Gasteiger partial charge is 0.320 e. The normalized spacial score (nSPS) is 31.1. The van der Waals surface area contributed by atoms with Crippen LogP contribution in [0.15, 0.2) is 0 Å². The standard InChI is InChI=1S/C15H27NO2/c1-15(2,3)11-6-4-5-7-12(11)16-13(14(17)18)10-8-9-10/h10-13,16H,4-9H2,1-3H3,(H,17,18). The molecular weight excluding hydrogens is 226 g/mol. The lowest BCUT2D eigenvalue weighted by atomic mass is 9.69. The first kappa shape index (κ1) is 13.9. The Hall–Kier alpha value is -0.570. The molecule has 3 heteroatoms. The van der Waals surface area contributed by atoms with E-state index in [9.17, 15) is 9.90 Å². The van der Waals surface area contributed by atoms with E-state index >= 15 is 0 Å². The van der Waals surface area contributed by atoms with Crippen LogP contribution in [0.5, 0.6) is 0 Å². The maximum atomic E-state index is 11.3. The van der Waals surface area contributed by atoms with Gasteiger partial charge in [-0.2, -0.15) is 0 Å². The molecule has 0 bridgehead atoms. The highest BCUT2D eigenvalue weighted by molar-refractivity contribution is 5.74. The van der Waals surface area contributed by atoms with Crippen molar-refractivity contribution in [1.29, 1.82) is 0 Å². The third-order valence-corrected chi connectivity index (χ3v) is 4.63. The van der Waals surface area contributed by atoms with Gasteiger partial charge in [0.05, 0.1) is 0 Å². The van der Waals surface area contributed by atoms with Crippen LogP contribution in [0.4, 0.5) is 0 Å². The molecular formula is C15H27NO2. The van der Waals surface area contributed by atoms with Crippen LogP contribution < -0.4 is 5.32 Å². The first-order chi connectivity index (χ1) is 8.39. The van der Waals surface area contributed by atoms with Gasteiger partial charge in [-0.1, -0.05) is 33.6 Å². The fourth-order valence-corrected chi connectivity index (χ4v) is 3.44. The molecule has 0 radical (unpaired) electrons. The monoisotopic (exact) mass is 253 g/mol. The first-order valence-electron chi connectivity index (χ1n) is 7.38. The second-order valence-corrected chi connectivity index (χ2v) is 7.18. The van der Waals surface area contributed by atoms with Crippen LogP contribution in [0.3, 0.4) is 0 Å². The van der Waals surface area contributed by atoms with Gasteiger partial charge in [0.1, 0.15) is 6.04 Å². The molecule has 3 unspecified atom stereocenters. The minimum Gasteiger partial charge on any atom is -0.480 e. The van der Waals surface area contributed by atoms with Crippen LogP contribution in [0.2, 0.25) is 0 Å². The number of carbonyl (C=O) groups is 1. The highest BCUT2D eigenvalue weighted by Gasteiger charge is 2.41. The Labute approximate surface area is 110 Å². The molecule has 0 saturated heterocycles. The van der Waals surface area contributed by atoms with E-state index in [4.69, 9.17) is 0 Å². The van der Waals surface area contributed by atoms with Crippen LogP contribution in [0.1, 0.15) is 59.3 Å². The Morgan fingerprint density at radius 1 is 1.17 bits per heavy atom. The number of carboxylic acid groups (broad SMARTS) is 1. The summed E-state index contributed by atoms with van der Waals surface area (Å²) in [6.07, 6.45) is 7.06. The van der Waals surface area contributed by atoms with Crippen LogP contribution in [-0.2, 0) is 4.79 Å². The molecule has 0 amide bonds. The number of aliphatic carboxylic acids is 1. The lowest BCUT2D eigenvalue weighted by Gasteiger charge is -2.42. The number of rotatable bonds is 4. The average Bonchev–Trinajstić information content (AvgIpc) is 3.08. The Balaban J connectivity index is 2.02. The van der Waals surface area contributed by atoms with Crippen LogP contribution >= 0.6 is 0 Å². The van der Waals surface area contributed by atoms with Gasteiger partial charge in [-0.3, -0.25) is 4.79 Å². The minimum atomic E-state index is -0.657. The third-order valence-electron chi connectivity index (χ3n) is 4.63. The summed E-state index contributed by atoms with van der Waals surface area (Å²) in [4.78, 5) is 11.3. The van der Waals surface area contributed by atoms with Crippen molar-refractivity contribution in [3.63, 3.8) is 0 Å². The SMILES string of the molecule is CC(C)(C)C1CCCCC1NC(C(=O)O)C1CC1. The second-order valence-electron chi connectivity index (χ2n) is 7.18. The maximum Gasteiger partial charge on any atom is 0.320 e. The average molecular weight is 253 g/mol. The highest BCUT2D eigenvalue weighted by atomic mass is 16.4. The molecule has 0 aromatic rings. The summed E-state index contributed by atoms with van der Waals surface area (Å²) < 4.78 is 0. The maximum absolute atomic E-state index is 11.3. The zero-order valence-corrected chi connectivity index (χ0v) is 11.9. The third kappa shape index (κ3) is 3.25. The summed E-state index contributed by atoms with van der Waals surface area (Å²) in [7, 11) is 0. The molecule has 3 atom stereocenters. The number of hydrogen-bond donors (Lipinski definition) is 2. The molecule has 0 heterocycles. The molecule has 18 heavy (non-hydrogen) atoms. The lowest BCUT2D eigenvalue weighted by Crippen LogP contribution is -2.51. The molecule has 3 nitrogen and oxygen atoms in total. The second kappa shape index (κ2) is 5.20. The van der Waals surface area contributed by atoms with Crippen molar-refractivity contribution in [3.05, 3.63) is 0 Å². The minimum absolute atomic E-state index is 0.269. The molecule has 2 aliphatic carbocycles. The van der Waals surface area contributed by atoms with E-state index in [1.165, 1.54) is 19.3 Å². The molecule has 0 aliphatic heterocycles. The molecule has 2 N–H and O–H groups in total. The van der Waals surface area contributed by atoms with E-state index in [1.807, 2.05) is 0 Å². The van der Waals surface area contributed by atoms with E-state index in [-0.39, 0.29) is 11.5 Å². The summed E-state index contributed by atoms with van der Waals surface area (Å²) in [5, 5.41) is 12.8. The van der Waals surface area contributed by atoms with Gasteiger partial charge < -0.3 is 10.4 Å². The molecule has 2 fully saturated rings. The molecule has 2 saturated carbocycles. The van der Waals surface area contributed by atoms with Gasteiger partial charge in [0.15, 0.2) is 0 Å². The van der Waals surface area contributed by atoms with Gasteiger partial charge in [-0.25, -0.2) is 0 Å². The Bertz CT molecular complexity index is 304. The predicted octanol–water partition coefficient (Wildman–Crippen LogP) is 3.04. The topological polar surface area (TPSA) is 49.3 Å². The van der Waals surface area contributed by atoms with Crippen molar-refractivity contribution >= 4 is 5.97 Å². The molecule has 2 aliphatic rings. The molecule has 0 aromatic heterocycles. The van der Waals surface area contributed by atoms with Gasteiger partial charge in [-0.05, 0) is 42.9 Å². The van der Waals surface area contributed by atoms with Crippen molar-refractivity contribution in [2.45, 2.75) is 71.4 Å². The van der Waals surface area contributed by atoms with Gasteiger partial charge in [0.2, 0.25) is 0 Å². The van der Waals surface area contributed by atoms with E-state index in [2.05, 4.69) is 26.1 Å². The quantitative estimate of drug-likeness (QED) is 0.809. The molecule has 2 rings (SSSR count). The van der Waals surface area contributed by atoms with Crippen molar-refractivity contribution in [2.24, 2.45) is 17.3 Å². The zero-order valence-electron chi connectivity index (χ0n) is 11.9. The number of nitrogens with one attached hydrogen (secondary N) is 1. The van der Waals surface area contributed by atoms with E-state index in [1.54, 1.807) is 0 Å². The van der Waals surface area contributed by atoms with E-state index in [0.29, 0.717) is 17.9 Å². The fourth-order valence-electron chi connectivity index (χ4n) is 3.44. The van der Waals surface area contributed by atoms with Crippen molar-refractivity contribution in [3.8, 4) is 0 Å². The summed E-state index contributed by atoms with van der Waals surface area (Å²) >= 11 is 0. The summed E-state index contributed by atoms with van der Waals surface area (Å²) in [6, 6.07) is 0.0819. The Morgan fingerprint density at radius 3 is 2.28 bits per heavy atom. The first-order valence-corrected chi connectivity index (χ1v) is 7.38. The molecule has 0 aromatic carbocycles. The van der Waals surface area contributed by atoms with Crippen molar-refractivity contribution in [2.75, 3.05) is 0 Å². The van der Waals surface area contributed by atoms with Gasteiger partial charge in [0, 0.05) is 6.04 Å². The number of hydrogen-bond acceptors (Lipinski definition) is 2. The van der Waals surface area contributed by atoms with Gasteiger partial charge >= 0.3 is 5.97 Å². The van der Waals surface area contributed by atoms with E-state index < -0.39 is 5.97 Å². The largest absolute Gasteiger partial charge is 0.480 e. The van der Waals surface area contributed by atoms with E-state index in [0.717, 1.165) is 19.3 Å². The van der Waals surface area contributed by atoms with Gasteiger partial charge in [-0.15, -0.1) is 0 Å². The summed E-state index contributed by atoms with van der Waals surface area (Å²) in [5.74, 6) is 0.327. The number of carboxylic acids is 1. The zero-order chi connectivity index (χ0) is 13.3. The Kier molecular flexibility index (Phi) is 4.00. The lowest BCUT2D eigenvalue weighted by molar-refractivity contribution is -0.140. The predicted molar refractivity (Wildman–Crippen MR) is 72.5 cm³/mol. The Morgan fingerprint density at radius 2 is 1.78 bits per heavy atom. The van der Waals surface area contributed by atoms with Crippen LogP contribution in [0, 0.1) is 17.3 Å². The van der Waals surface area contributed by atoms with Gasteiger partial charge in [0.25, 0.3) is 0 Å². The highest BCUT2D eigenvalue weighted by Crippen LogP contribution is 2.40. The van der Waals surface area contributed by atoms with Crippen molar-refractivity contribution < 1.29 is 9.90 Å².